The lowest BCUT2D eigenvalue weighted by Crippen LogP contribution is -2.21. The minimum Gasteiger partial charge on any atom is -0.480 e. The number of ether oxygens (including phenoxy) is 1. The van der Waals surface area contributed by atoms with E-state index in [2.05, 4.69) is 25.9 Å². The van der Waals surface area contributed by atoms with Crippen LogP contribution in [0.5, 0.6) is 5.88 Å². The van der Waals surface area contributed by atoms with Crippen LogP contribution in [0.1, 0.15) is 23.0 Å². The molecule has 0 atom stereocenters. The van der Waals surface area contributed by atoms with Crippen molar-refractivity contribution in [3.63, 3.8) is 0 Å². The summed E-state index contributed by atoms with van der Waals surface area (Å²) in [6, 6.07) is 8.52. The van der Waals surface area contributed by atoms with Gasteiger partial charge in [0.25, 0.3) is 5.91 Å². The topological polar surface area (TPSA) is 111 Å². The quantitative estimate of drug-likeness (QED) is 0.657. The number of anilines is 2. The molecule has 0 saturated carbocycles. The molecule has 0 aliphatic heterocycles. The SMILES string of the molecule is COc1ccc(-n2ncc(C(=O)Nc3cccc(NC(C)=O)c3)c2C(F)(F)F)nn1. The number of methoxy groups -OCH3 is 1. The van der Waals surface area contributed by atoms with Crippen LogP contribution < -0.4 is 15.4 Å². The molecule has 0 bridgehead atoms. The van der Waals surface area contributed by atoms with Crippen molar-refractivity contribution in [1.29, 1.82) is 0 Å². The molecule has 0 radical (unpaired) electrons. The third kappa shape index (κ3) is 4.54. The normalized spacial score (nSPS) is 11.1. The van der Waals surface area contributed by atoms with Gasteiger partial charge in [-0.3, -0.25) is 9.59 Å². The highest BCUT2D eigenvalue weighted by atomic mass is 19.4. The first kappa shape index (κ1) is 20.8. The fraction of sp³-hybridized carbons (Fsp3) is 0.167. The van der Waals surface area contributed by atoms with Crippen LogP contribution in [-0.4, -0.2) is 38.9 Å². The van der Waals surface area contributed by atoms with Crippen LogP contribution in [0.3, 0.4) is 0 Å². The van der Waals surface area contributed by atoms with Crippen LogP contribution in [0, 0.1) is 0 Å². The number of hydrogen-bond acceptors (Lipinski definition) is 6. The molecule has 2 heterocycles. The van der Waals surface area contributed by atoms with Crippen molar-refractivity contribution in [3.05, 3.63) is 53.9 Å². The van der Waals surface area contributed by atoms with Gasteiger partial charge in [0.15, 0.2) is 11.5 Å². The Balaban J connectivity index is 1.94. The molecule has 2 amide bonds. The van der Waals surface area contributed by atoms with Crippen molar-refractivity contribution in [3.8, 4) is 11.7 Å². The molecule has 30 heavy (non-hydrogen) atoms. The summed E-state index contributed by atoms with van der Waals surface area (Å²) in [6.45, 7) is 1.30. The van der Waals surface area contributed by atoms with Gasteiger partial charge in [0.2, 0.25) is 11.8 Å². The highest BCUT2D eigenvalue weighted by Gasteiger charge is 2.41. The highest BCUT2D eigenvalue weighted by molar-refractivity contribution is 6.05. The molecular weight excluding hydrogens is 405 g/mol. The number of rotatable bonds is 5. The maximum absolute atomic E-state index is 13.7. The van der Waals surface area contributed by atoms with Crippen molar-refractivity contribution in [1.82, 2.24) is 20.0 Å². The second kappa shape index (κ2) is 8.19. The van der Waals surface area contributed by atoms with Crippen LogP contribution >= 0.6 is 0 Å². The van der Waals surface area contributed by atoms with Crippen LogP contribution in [0.4, 0.5) is 24.5 Å². The Labute approximate surface area is 167 Å². The van der Waals surface area contributed by atoms with Crippen molar-refractivity contribution in [2.45, 2.75) is 13.1 Å². The fourth-order valence-electron chi connectivity index (χ4n) is 2.57. The van der Waals surface area contributed by atoms with E-state index in [0.29, 0.717) is 10.4 Å². The standard InChI is InChI=1S/C18H15F3N6O3/c1-10(28)23-11-4-3-5-12(8-11)24-17(29)13-9-22-27(16(13)18(19,20)21)14-6-7-15(30-2)26-25-14/h3-9H,1-2H3,(H,23,28)(H,24,29). The molecule has 0 aliphatic carbocycles. The monoisotopic (exact) mass is 420 g/mol. The summed E-state index contributed by atoms with van der Waals surface area (Å²) in [5, 5.41) is 15.8. The second-order valence-corrected chi connectivity index (χ2v) is 5.97. The number of alkyl halides is 3. The number of hydrogen-bond donors (Lipinski definition) is 2. The first-order valence-corrected chi connectivity index (χ1v) is 8.41. The average Bonchev–Trinajstić information content (AvgIpc) is 3.14. The number of benzene rings is 1. The molecule has 0 aliphatic rings. The van der Waals surface area contributed by atoms with Gasteiger partial charge in [0.05, 0.1) is 18.9 Å². The van der Waals surface area contributed by atoms with E-state index in [0.717, 1.165) is 6.20 Å². The summed E-state index contributed by atoms with van der Waals surface area (Å²) in [6.07, 6.45) is -4.11. The van der Waals surface area contributed by atoms with E-state index in [-0.39, 0.29) is 23.3 Å². The van der Waals surface area contributed by atoms with Gasteiger partial charge < -0.3 is 15.4 Å². The second-order valence-electron chi connectivity index (χ2n) is 5.97. The van der Waals surface area contributed by atoms with E-state index in [1.54, 1.807) is 6.07 Å². The van der Waals surface area contributed by atoms with Crippen molar-refractivity contribution in [2.24, 2.45) is 0 Å². The van der Waals surface area contributed by atoms with Gasteiger partial charge in [-0.05, 0) is 24.3 Å². The van der Waals surface area contributed by atoms with Crippen LogP contribution in [0.15, 0.2) is 42.6 Å². The van der Waals surface area contributed by atoms with E-state index in [1.165, 1.54) is 44.4 Å². The number of nitrogens with zero attached hydrogens (tertiary/aromatic N) is 4. The summed E-state index contributed by atoms with van der Waals surface area (Å²) in [5.74, 6) is -1.50. The van der Waals surface area contributed by atoms with Crippen LogP contribution in [0.2, 0.25) is 0 Å². The molecule has 3 rings (SSSR count). The summed E-state index contributed by atoms with van der Waals surface area (Å²) in [4.78, 5) is 23.7. The largest absolute Gasteiger partial charge is 0.480 e. The van der Waals surface area contributed by atoms with E-state index >= 15 is 0 Å². The highest BCUT2D eigenvalue weighted by Crippen LogP contribution is 2.33. The van der Waals surface area contributed by atoms with Gasteiger partial charge in [0, 0.05) is 24.4 Å². The molecular formula is C18H15F3N6O3. The molecule has 0 spiro atoms. The Morgan fingerprint density at radius 2 is 1.77 bits per heavy atom. The Kier molecular flexibility index (Phi) is 5.67. The van der Waals surface area contributed by atoms with Crippen molar-refractivity contribution in [2.75, 3.05) is 17.7 Å². The van der Waals surface area contributed by atoms with E-state index in [1.807, 2.05) is 0 Å². The predicted octanol–water partition coefficient (Wildman–Crippen LogP) is 2.90. The zero-order valence-corrected chi connectivity index (χ0v) is 15.7. The smallest absolute Gasteiger partial charge is 0.434 e. The van der Waals surface area contributed by atoms with Crippen LogP contribution in [0.25, 0.3) is 5.82 Å². The minimum absolute atomic E-state index is 0.108. The summed E-state index contributed by atoms with van der Waals surface area (Å²) in [5.41, 5.74) is -1.44. The minimum atomic E-state index is -4.90. The molecule has 2 N–H and O–H groups in total. The number of halogens is 3. The third-order valence-electron chi connectivity index (χ3n) is 3.78. The predicted molar refractivity (Wildman–Crippen MR) is 99.4 cm³/mol. The first-order chi connectivity index (χ1) is 14.2. The summed E-state index contributed by atoms with van der Waals surface area (Å²) >= 11 is 0. The summed E-state index contributed by atoms with van der Waals surface area (Å²) in [7, 11) is 1.34. The van der Waals surface area contributed by atoms with Gasteiger partial charge >= 0.3 is 6.18 Å². The molecule has 1 aromatic carbocycles. The zero-order chi connectivity index (χ0) is 21.9. The van der Waals surface area contributed by atoms with Gasteiger partial charge in [-0.25, -0.2) is 4.68 Å². The average molecular weight is 420 g/mol. The van der Waals surface area contributed by atoms with Crippen molar-refractivity contribution < 1.29 is 27.5 Å². The Hall–Kier alpha value is -3.96. The molecule has 0 unspecified atom stereocenters. The fourth-order valence-corrected chi connectivity index (χ4v) is 2.57. The summed E-state index contributed by atoms with van der Waals surface area (Å²) < 4.78 is 46.5. The van der Waals surface area contributed by atoms with E-state index in [9.17, 15) is 22.8 Å². The Morgan fingerprint density at radius 3 is 2.33 bits per heavy atom. The molecule has 9 nitrogen and oxygen atoms in total. The van der Waals surface area contributed by atoms with Crippen LogP contribution in [-0.2, 0) is 11.0 Å². The van der Waals surface area contributed by atoms with Gasteiger partial charge in [-0.1, -0.05) is 6.07 Å². The number of carbonyl (C=O) groups is 2. The first-order valence-electron chi connectivity index (χ1n) is 8.41. The lowest BCUT2D eigenvalue weighted by Gasteiger charge is -2.12. The number of aromatic nitrogens is 4. The zero-order valence-electron chi connectivity index (χ0n) is 15.7. The number of carbonyl (C=O) groups excluding carboxylic acids is 2. The molecule has 2 aromatic heterocycles. The van der Waals surface area contributed by atoms with Gasteiger partial charge in [0.1, 0.15) is 0 Å². The number of amides is 2. The van der Waals surface area contributed by atoms with E-state index < -0.39 is 23.3 Å². The van der Waals surface area contributed by atoms with E-state index in [4.69, 9.17) is 4.74 Å². The molecule has 0 saturated heterocycles. The lowest BCUT2D eigenvalue weighted by atomic mass is 10.2. The Morgan fingerprint density at radius 1 is 1.07 bits per heavy atom. The van der Waals surface area contributed by atoms with Gasteiger partial charge in [-0.2, -0.15) is 18.3 Å². The third-order valence-corrected chi connectivity index (χ3v) is 3.78. The molecule has 3 aromatic rings. The van der Waals surface area contributed by atoms with Crippen molar-refractivity contribution >= 4 is 23.2 Å². The Bertz CT molecular complexity index is 1080. The number of nitrogens with one attached hydrogen (secondary N) is 2. The maximum atomic E-state index is 13.7. The molecule has 12 heteroatoms. The lowest BCUT2D eigenvalue weighted by molar-refractivity contribution is -0.143. The van der Waals surface area contributed by atoms with Gasteiger partial charge in [-0.15, -0.1) is 10.2 Å². The molecule has 0 fully saturated rings. The maximum Gasteiger partial charge on any atom is 0.434 e. The molecule has 156 valence electrons.